The van der Waals surface area contributed by atoms with Gasteiger partial charge < -0.3 is 9.88 Å². The smallest absolute Gasteiger partial charge is 0.221 e. The molecule has 0 bridgehead atoms. The van der Waals surface area contributed by atoms with Crippen LogP contribution in [-0.2, 0) is 11.3 Å². The molecule has 0 aliphatic heterocycles. The number of aromatic nitrogens is 1. The van der Waals surface area contributed by atoms with Crippen molar-refractivity contribution in [2.45, 2.75) is 52.1 Å². The van der Waals surface area contributed by atoms with Gasteiger partial charge in [-0.15, -0.1) is 0 Å². The summed E-state index contributed by atoms with van der Waals surface area (Å²) >= 11 is 0. The topological polar surface area (TPSA) is 34.0 Å². The normalized spacial score (nSPS) is 13.5. The minimum atomic E-state index is -0.279. The van der Waals surface area contributed by atoms with Crippen LogP contribution in [0.25, 0.3) is 10.9 Å². The lowest BCUT2D eigenvalue weighted by atomic mass is 9.88. The van der Waals surface area contributed by atoms with E-state index in [0.717, 1.165) is 35.0 Å². The number of hydrogen-bond donors (Lipinski definition) is 1. The standard InChI is InChI=1S/C23H27FN2O/c1-4-16(3)25-23(27)14-20(17-9-8-10-18(24)13-17)21-15-26(5-2)22-12-7-6-11-19(21)22/h6-13,15-16,20H,4-5,14H2,1-3H3,(H,25,27). The number of rotatable bonds is 7. The van der Waals surface area contributed by atoms with Crippen LogP contribution in [0.4, 0.5) is 4.39 Å². The number of halogens is 1. The summed E-state index contributed by atoms with van der Waals surface area (Å²) in [7, 11) is 0. The third-order valence-electron chi connectivity index (χ3n) is 5.20. The predicted octanol–water partition coefficient (Wildman–Crippen LogP) is 5.24. The summed E-state index contributed by atoms with van der Waals surface area (Å²) < 4.78 is 16.1. The van der Waals surface area contributed by atoms with Gasteiger partial charge in [-0.2, -0.15) is 0 Å². The molecular weight excluding hydrogens is 339 g/mol. The maximum Gasteiger partial charge on any atom is 0.221 e. The third kappa shape index (κ3) is 4.21. The largest absolute Gasteiger partial charge is 0.354 e. The average Bonchev–Trinajstić information content (AvgIpc) is 3.04. The number of benzene rings is 2. The first-order valence-electron chi connectivity index (χ1n) is 9.66. The van der Waals surface area contributed by atoms with Crippen LogP contribution < -0.4 is 5.32 Å². The van der Waals surface area contributed by atoms with Crippen LogP contribution >= 0.6 is 0 Å². The maximum atomic E-state index is 13.9. The second kappa shape index (κ2) is 8.38. The summed E-state index contributed by atoms with van der Waals surface area (Å²) in [6, 6.07) is 14.9. The van der Waals surface area contributed by atoms with Crippen molar-refractivity contribution in [2.24, 2.45) is 0 Å². The van der Waals surface area contributed by atoms with Gasteiger partial charge in [0.2, 0.25) is 5.91 Å². The highest BCUT2D eigenvalue weighted by Gasteiger charge is 2.23. The first-order chi connectivity index (χ1) is 13.0. The maximum absolute atomic E-state index is 13.9. The lowest BCUT2D eigenvalue weighted by molar-refractivity contribution is -0.121. The molecule has 1 heterocycles. The Hall–Kier alpha value is -2.62. The van der Waals surface area contributed by atoms with Crippen LogP contribution in [0, 0.1) is 5.82 Å². The molecule has 4 heteroatoms. The molecule has 0 fully saturated rings. The first kappa shape index (κ1) is 19.2. The van der Waals surface area contributed by atoms with Gasteiger partial charge in [-0.3, -0.25) is 4.79 Å². The van der Waals surface area contributed by atoms with Gasteiger partial charge in [0, 0.05) is 42.0 Å². The van der Waals surface area contributed by atoms with Crippen molar-refractivity contribution >= 4 is 16.8 Å². The van der Waals surface area contributed by atoms with Crippen LogP contribution in [-0.4, -0.2) is 16.5 Å². The van der Waals surface area contributed by atoms with Gasteiger partial charge in [-0.25, -0.2) is 4.39 Å². The van der Waals surface area contributed by atoms with Gasteiger partial charge in [0.1, 0.15) is 5.82 Å². The Morgan fingerprint density at radius 2 is 1.93 bits per heavy atom. The molecule has 1 amide bonds. The summed E-state index contributed by atoms with van der Waals surface area (Å²) in [5, 5.41) is 4.16. The monoisotopic (exact) mass is 366 g/mol. The van der Waals surface area contributed by atoms with Crippen LogP contribution in [0.3, 0.4) is 0 Å². The number of aryl methyl sites for hydroxylation is 1. The van der Waals surface area contributed by atoms with E-state index in [1.165, 1.54) is 6.07 Å². The minimum Gasteiger partial charge on any atom is -0.354 e. The van der Waals surface area contributed by atoms with Crippen LogP contribution in [0.1, 0.15) is 50.7 Å². The van der Waals surface area contributed by atoms with E-state index in [1.807, 2.05) is 32.0 Å². The summed E-state index contributed by atoms with van der Waals surface area (Å²) in [5.41, 5.74) is 3.03. The summed E-state index contributed by atoms with van der Waals surface area (Å²) in [5.74, 6) is -0.478. The van der Waals surface area contributed by atoms with Crippen molar-refractivity contribution in [1.29, 1.82) is 0 Å². The predicted molar refractivity (Wildman–Crippen MR) is 108 cm³/mol. The fourth-order valence-electron chi connectivity index (χ4n) is 3.57. The first-order valence-corrected chi connectivity index (χ1v) is 9.66. The Morgan fingerprint density at radius 3 is 2.63 bits per heavy atom. The molecule has 3 nitrogen and oxygen atoms in total. The molecule has 3 rings (SSSR count). The van der Waals surface area contributed by atoms with E-state index in [9.17, 15) is 9.18 Å². The van der Waals surface area contributed by atoms with Crippen LogP contribution in [0.15, 0.2) is 54.7 Å². The van der Waals surface area contributed by atoms with Crippen LogP contribution in [0.2, 0.25) is 0 Å². The molecule has 0 aliphatic rings. The highest BCUT2D eigenvalue weighted by Crippen LogP contribution is 2.35. The molecule has 1 N–H and O–H groups in total. The number of carbonyl (C=O) groups is 1. The molecule has 142 valence electrons. The summed E-state index contributed by atoms with van der Waals surface area (Å²) in [4.78, 5) is 12.7. The van der Waals surface area contributed by atoms with Crippen molar-refractivity contribution in [3.8, 4) is 0 Å². The van der Waals surface area contributed by atoms with Gasteiger partial charge in [-0.1, -0.05) is 37.3 Å². The second-order valence-corrected chi connectivity index (χ2v) is 7.08. The van der Waals surface area contributed by atoms with Crippen molar-refractivity contribution in [1.82, 2.24) is 9.88 Å². The average molecular weight is 366 g/mol. The zero-order valence-corrected chi connectivity index (χ0v) is 16.2. The zero-order chi connectivity index (χ0) is 19.4. The number of nitrogens with zero attached hydrogens (tertiary/aromatic N) is 1. The van der Waals surface area contributed by atoms with Crippen molar-refractivity contribution in [2.75, 3.05) is 0 Å². The molecule has 0 saturated carbocycles. The highest BCUT2D eigenvalue weighted by atomic mass is 19.1. The van der Waals surface area contributed by atoms with E-state index >= 15 is 0 Å². The van der Waals surface area contributed by atoms with Crippen molar-refractivity contribution < 1.29 is 9.18 Å². The Morgan fingerprint density at radius 1 is 1.15 bits per heavy atom. The van der Waals surface area contributed by atoms with E-state index in [-0.39, 0.29) is 23.7 Å². The molecule has 3 aromatic rings. The molecule has 1 aromatic heterocycles. The number of nitrogens with one attached hydrogen (secondary N) is 1. The number of hydrogen-bond acceptors (Lipinski definition) is 1. The van der Waals surface area contributed by atoms with Gasteiger partial charge in [0.25, 0.3) is 0 Å². The number of carbonyl (C=O) groups excluding carboxylic acids is 1. The van der Waals surface area contributed by atoms with Crippen molar-refractivity contribution in [3.63, 3.8) is 0 Å². The molecule has 0 saturated heterocycles. The summed E-state index contributed by atoms with van der Waals surface area (Å²) in [6.07, 6.45) is 3.29. The van der Waals surface area contributed by atoms with E-state index in [0.29, 0.717) is 6.42 Å². The fourth-order valence-corrected chi connectivity index (χ4v) is 3.57. The molecule has 27 heavy (non-hydrogen) atoms. The summed E-state index contributed by atoms with van der Waals surface area (Å²) in [6.45, 7) is 6.99. The van der Waals surface area contributed by atoms with Crippen molar-refractivity contribution in [3.05, 3.63) is 71.7 Å². The Bertz CT molecular complexity index is 931. The molecule has 2 atom stereocenters. The zero-order valence-electron chi connectivity index (χ0n) is 16.2. The van der Waals surface area contributed by atoms with Gasteiger partial charge in [0.15, 0.2) is 0 Å². The number of para-hydroxylation sites is 1. The molecular formula is C23H27FN2O. The van der Waals surface area contributed by atoms with E-state index in [2.05, 4.69) is 35.1 Å². The molecule has 0 aliphatic carbocycles. The molecule has 2 aromatic carbocycles. The highest BCUT2D eigenvalue weighted by molar-refractivity contribution is 5.86. The third-order valence-corrected chi connectivity index (χ3v) is 5.20. The molecule has 2 unspecified atom stereocenters. The van der Waals surface area contributed by atoms with Gasteiger partial charge in [0.05, 0.1) is 0 Å². The van der Waals surface area contributed by atoms with Gasteiger partial charge >= 0.3 is 0 Å². The lowest BCUT2D eigenvalue weighted by Gasteiger charge is -2.19. The fraction of sp³-hybridized carbons (Fsp3) is 0.348. The minimum absolute atomic E-state index is 0.00746. The molecule has 0 spiro atoms. The second-order valence-electron chi connectivity index (χ2n) is 7.08. The van der Waals surface area contributed by atoms with E-state index < -0.39 is 0 Å². The Kier molecular flexibility index (Phi) is 5.94. The molecule has 0 radical (unpaired) electrons. The van der Waals surface area contributed by atoms with E-state index in [4.69, 9.17) is 0 Å². The Balaban J connectivity index is 2.06. The quantitative estimate of drug-likeness (QED) is 0.610. The number of amides is 1. The van der Waals surface area contributed by atoms with E-state index in [1.54, 1.807) is 12.1 Å². The Labute approximate surface area is 160 Å². The van der Waals surface area contributed by atoms with Crippen LogP contribution in [0.5, 0.6) is 0 Å². The lowest BCUT2D eigenvalue weighted by Crippen LogP contribution is -2.33. The van der Waals surface area contributed by atoms with Gasteiger partial charge in [-0.05, 0) is 49.6 Å². The number of fused-ring (bicyclic) bond motifs is 1. The SMILES string of the molecule is CCC(C)NC(=O)CC(c1cccc(F)c1)c1cn(CC)c2ccccc12.